The van der Waals surface area contributed by atoms with Crippen molar-refractivity contribution in [1.82, 2.24) is 15.3 Å². The third-order valence-corrected chi connectivity index (χ3v) is 4.03. The SMILES string of the molecule is Clc1ccc(Cl)c(COc2cncc(N3CCNCC3)n2)c1. The predicted molar refractivity (Wildman–Crippen MR) is 87.9 cm³/mol. The van der Waals surface area contributed by atoms with E-state index in [9.17, 15) is 0 Å². The number of ether oxygens (including phenoxy) is 1. The number of aromatic nitrogens is 2. The molecule has 5 nitrogen and oxygen atoms in total. The second kappa shape index (κ2) is 7.13. The molecule has 0 amide bonds. The lowest BCUT2D eigenvalue weighted by atomic mass is 10.2. The van der Waals surface area contributed by atoms with Gasteiger partial charge in [0.25, 0.3) is 0 Å². The van der Waals surface area contributed by atoms with E-state index in [4.69, 9.17) is 27.9 Å². The van der Waals surface area contributed by atoms with Gasteiger partial charge < -0.3 is 15.0 Å². The smallest absolute Gasteiger partial charge is 0.234 e. The van der Waals surface area contributed by atoms with E-state index in [-0.39, 0.29) is 0 Å². The minimum absolute atomic E-state index is 0.305. The summed E-state index contributed by atoms with van der Waals surface area (Å²) in [6.07, 6.45) is 3.36. The number of anilines is 1. The second-order valence-electron chi connectivity index (χ2n) is 4.98. The van der Waals surface area contributed by atoms with E-state index >= 15 is 0 Å². The fourth-order valence-corrected chi connectivity index (χ4v) is 2.63. The van der Waals surface area contributed by atoms with Crippen LogP contribution in [0.5, 0.6) is 5.88 Å². The fourth-order valence-electron chi connectivity index (χ4n) is 2.26. The van der Waals surface area contributed by atoms with Gasteiger partial charge in [0, 0.05) is 41.8 Å². The van der Waals surface area contributed by atoms with Crippen LogP contribution in [-0.2, 0) is 6.61 Å². The number of rotatable bonds is 4. The van der Waals surface area contributed by atoms with Crippen LogP contribution in [0, 0.1) is 0 Å². The molecular weight excluding hydrogens is 323 g/mol. The maximum absolute atomic E-state index is 6.13. The third-order valence-electron chi connectivity index (χ3n) is 3.42. The Morgan fingerprint density at radius 3 is 2.82 bits per heavy atom. The topological polar surface area (TPSA) is 50.3 Å². The zero-order valence-corrected chi connectivity index (χ0v) is 13.4. The lowest BCUT2D eigenvalue weighted by molar-refractivity contribution is 0.292. The summed E-state index contributed by atoms with van der Waals surface area (Å²) in [7, 11) is 0. The Kier molecular flexibility index (Phi) is 4.97. The monoisotopic (exact) mass is 338 g/mol. The van der Waals surface area contributed by atoms with Crippen LogP contribution in [0.15, 0.2) is 30.6 Å². The van der Waals surface area contributed by atoms with Crippen LogP contribution in [-0.4, -0.2) is 36.1 Å². The molecule has 22 heavy (non-hydrogen) atoms. The summed E-state index contributed by atoms with van der Waals surface area (Å²) >= 11 is 12.1. The van der Waals surface area contributed by atoms with Crippen molar-refractivity contribution in [1.29, 1.82) is 0 Å². The molecular formula is C15H16Cl2N4O. The molecule has 1 N–H and O–H groups in total. The molecule has 0 spiro atoms. The van der Waals surface area contributed by atoms with Crippen LogP contribution in [0.4, 0.5) is 5.82 Å². The van der Waals surface area contributed by atoms with Gasteiger partial charge in [-0.05, 0) is 18.2 Å². The number of hydrogen-bond donors (Lipinski definition) is 1. The molecule has 2 heterocycles. The molecule has 116 valence electrons. The highest BCUT2D eigenvalue weighted by atomic mass is 35.5. The third kappa shape index (κ3) is 3.80. The van der Waals surface area contributed by atoms with Crippen LogP contribution in [0.3, 0.4) is 0 Å². The molecule has 0 bridgehead atoms. The van der Waals surface area contributed by atoms with Gasteiger partial charge in [-0.1, -0.05) is 23.2 Å². The van der Waals surface area contributed by atoms with Gasteiger partial charge >= 0.3 is 0 Å². The van der Waals surface area contributed by atoms with Crippen LogP contribution in [0.2, 0.25) is 10.0 Å². The Balaban J connectivity index is 1.68. The lowest BCUT2D eigenvalue weighted by Crippen LogP contribution is -2.43. The van der Waals surface area contributed by atoms with Crippen molar-refractivity contribution < 1.29 is 4.74 Å². The summed E-state index contributed by atoms with van der Waals surface area (Å²) in [6.45, 7) is 4.03. The summed E-state index contributed by atoms with van der Waals surface area (Å²) < 4.78 is 5.70. The van der Waals surface area contributed by atoms with E-state index in [1.165, 1.54) is 0 Å². The lowest BCUT2D eigenvalue weighted by Gasteiger charge is -2.28. The van der Waals surface area contributed by atoms with E-state index in [0.29, 0.717) is 22.5 Å². The van der Waals surface area contributed by atoms with E-state index in [1.807, 2.05) is 0 Å². The van der Waals surface area contributed by atoms with Gasteiger partial charge in [-0.25, -0.2) is 0 Å². The highest BCUT2D eigenvalue weighted by Crippen LogP contribution is 2.22. The van der Waals surface area contributed by atoms with Gasteiger partial charge in [0.1, 0.15) is 6.61 Å². The first-order chi connectivity index (χ1) is 10.7. The molecule has 1 saturated heterocycles. The standard InChI is InChI=1S/C15H16Cl2N4O/c16-12-1-2-13(17)11(7-12)10-22-15-9-19-8-14(20-15)21-5-3-18-4-6-21/h1-2,7-9,18H,3-6,10H2. The Hall–Kier alpha value is -1.56. The molecule has 0 saturated carbocycles. The van der Waals surface area contributed by atoms with Crippen molar-refractivity contribution in [2.75, 3.05) is 31.1 Å². The summed E-state index contributed by atoms with van der Waals surface area (Å²) in [5.41, 5.74) is 0.823. The van der Waals surface area contributed by atoms with Gasteiger partial charge in [0.2, 0.25) is 5.88 Å². The highest BCUT2D eigenvalue weighted by Gasteiger charge is 2.13. The summed E-state index contributed by atoms with van der Waals surface area (Å²) in [5, 5.41) is 4.56. The van der Waals surface area contributed by atoms with E-state index in [1.54, 1.807) is 30.6 Å². The molecule has 3 rings (SSSR count). The first kappa shape index (κ1) is 15.3. The van der Waals surface area contributed by atoms with Crippen LogP contribution < -0.4 is 15.0 Å². The van der Waals surface area contributed by atoms with Crippen LogP contribution in [0.1, 0.15) is 5.56 Å². The molecule has 2 aromatic rings. The number of benzene rings is 1. The molecule has 1 aliphatic rings. The fraction of sp³-hybridized carbons (Fsp3) is 0.333. The maximum atomic E-state index is 6.13. The summed E-state index contributed by atoms with van der Waals surface area (Å²) in [5.74, 6) is 1.31. The summed E-state index contributed by atoms with van der Waals surface area (Å²) in [4.78, 5) is 10.9. The molecule has 7 heteroatoms. The van der Waals surface area contributed by atoms with Crippen molar-refractivity contribution in [2.45, 2.75) is 6.61 Å². The van der Waals surface area contributed by atoms with Gasteiger partial charge in [0.15, 0.2) is 5.82 Å². The quantitative estimate of drug-likeness (QED) is 0.928. The van der Waals surface area contributed by atoms with Crippen LogP contribution >= 0.6 is 23.2 Å². The van der Waals surface area contributed by atoms with Gasteiger partial charge in [-0.3, -0.25) is 4.98 Å². The highest BCUT2D eigenvalue weighted by molar-refractivity contribution is 6.33. The Labute approximate surface area is 139 Å². The van der Waals surface area contributed by atoms with Crippen molar-refractivity contribution in [3.8, 4) is 5.88 Å². The minimum Gasteiger partial charge on any atom is -0.472 e. The van der Waals surface area contributed by atoms with Crippen molar-refractivity contribution in [3.05, 3.63) is 46.2 Å². The average Bonchev–Trinajstić information content (AvgIpc) is 2.57. The first-order valence-corrected chi connectivity index (χ1v) is 7.82. The van der Waals surface area contributed by atoms with E-state index < -0.39 is 0 Å². The van der Waals surface area contributed by atoms with Gasteiger partial charge in [-0.15, -0.1) is 0 Å². The zero-order chi connectivity index (χ0) is 15.4. The molecule has 1 aromatic heterocycles. The van der Waals surface area contributed by atoms with Gasteiger partial charge in [0.05, 0.1) is 12.4 Å². The number of piperazine rings is 1. The summed E-state index contributed by atoms with van der Waals surface area (Å²) in [6, 6.07) is 5.29. The van der Waals surface area contributed by atoms with E-state index in [2.05, 4.69) is 20.2 Å². The second-order valence-corrected chi connectivity index (χ2v) is 5.82. The number of hydrogen-bond acceptors (Lipinski definition) is 5. The first-order valence-electron chi connectivity index (χ1n) is 7.07. The average molecular weight is 339 g/mol. The molecule has 0 radical (unpaired) electrons. The molecule has 1 fully saturated rings. The van der Waals surface area contributed by atoms with Crippen LogP contribution in [0.25, 0.3) is 0 Å². The minimum atomic E-state index is 0.305. The Morgan fingerprint density at radius 1 is 1.18 bits per heavy atom. The van der Waals surface area contributed by atoms with Gasteiger partial charge in [-0.2, -0.15) is 4.98 Å². The van der Waals surface area contributed by atoms with Crippen molar-refractivity contribution in [2.24, 2.45) is 0 Å². The predicted octanol–water partition coefficient (Wildman–Crippen LogP) is 2.77. The number of halogens is 2. The maximum Gasteiger partial charge on any atom is 0.234 e. The molecule has 0 atom stereocenters. The zero-order valence-electron chi connectivity index (χ0n) is 11.9. The van der Waals surface area contributed by atoms with Crippen molar-refractivity contribution >= 4 is 29.0 Å². The Bertz CT molecular complexity index is 647. The molecule has 1 aromatic carbocycles. The normalized spacial score (nSPS) is 14.9. The molecule has 1 aliphatic heterocycles. The molecule has 0 aliphatic carbocycles. The Morgan fingerprint density at radius 2 is 2.00 bits per heavy atom. The number of nitrogens with zero attached hydrogens (tertiary/aromatic N) is 3. The molecule has 0 unspecified atom stereocenters. The largest absolute Gasteiger partial charge is 0.472 e. The van der Waals surface area contributed by atoms with Crippen molar-refractivity contribution in [3.63, 3.8) is 0 Å². The van der Waals surface area contributed by atoms with E-state index in [0.717, 1.165) is 37.6 Å². The number of nitrogens with one attached hydrogen (secondary N) is 1.